The van der Waals surface area contributed by atoms with Crippen molar-refractivity contribution in [3.8, 4) is 0 Å². The second-order valence-electron chi connectivity index (χ2n) is 13.6. The van der Waals surface area contributed by atoms with Crippen molar-refractivity contribution in [1.82, 2.24) is 0 Å². The van der Waals surface area contributed by atoms with E-state index in [4.69, 9.17) is 4.74 Å². The molecule has 4 aliphatic carbocycles. The van der Waals surface area contributed by atoms with Crippen LogP contribution in [0.15, 0.2) is 34.9 Å². The summed E-state index contributed by atoms with van der Waals surface area (Å²) in [4.78, 5) is 13.8. The maximum atomic E-state index is 13.8. The number of cyclic esters (lactones) is 1. The Labute approximate surface area is 205 Å². The molecule has 1 heterocycles. The zero-order valence-electron chi connectivity index (χ0n) is 22.3. The molecule has 4 heteroatoms. The molecule has 0 unspecified atom stereocenters. The number of allylic oxidation sites excluding steroid dienone is 6. The molecule has 5 aliphatic rings. The quantitative estimate of drug-likeness (QED) is 0.392. The van der Waals surface area contributed by atoms with Gasteiger partial charge in [-0.2, -0.15) is 0 Å². The minimum Gasteiger partial charge on any atom is -0.456 e. The van der Waals surface area contributed by atoms with E-state index in [1.807, 2.05) is 6.92 Å². The van der Waals surface area contributed by atoms with Crippen molar-refractivity contribution in [3.63, 3.8) is 0 Å². The number of hydrogen-bond acceptors (Lipinski definition) is 4. The van der Waals surface area contributed by atoms with Crippen LogP contribution in [0.2, 0.25) is 0 Å². The highest BCUT2D eigenvalue weighted by atomic mass is 16.6. The summed E-state index contributed by atoms with van der Waals surface area (Å²) >= 11 is 0. The molecular weight excluding hydrogens is 424 g/mol. The molecule has 3 fully saturated rings. The Morgan fingerprint density at radius 2 is 1.79 bits per heavy atom. The first kappa shape index (κ1) is 24.3. The molecule has 5 rings (SSSR count). The molecule has 2 N–H and O–H groups in total. The number of hydrogen-bond donors (Lipinski definition) is 2. The van der Waals surface area contributed by atoms with E-state index in [0.717, 1.165) is 32.1 Å². The molecule has 2 saturated carbocycles. The lowest BCUT2D eigenvalue weighted by molar-refractivity contribution is -0.158. The third kappa shape index (κ3) is 2.60. The van der Waals surface area contributed by atoms with Gasteiger partial charge in [-0.1, -0.05) is 51.5 Å². The van der Waals surface area contributed by atoms with Gasteiger partial charge in [0.05, 0.1) is 6.10 Å². The van der Waals surface area contributed by atoms with Gasteiger partial charge in [-0.05, 0) is 100 Å². The molecular formula is C30H44O4. The molecule has 1 spiro atoms. The number of esters is 1. The molecule has 0 radical (unpaired) electrons. The molecule has 1 saturated heterocycles. The van der Waals surface area contributed by atoms with E-state index in [9.17, 15) is 15.0 Å². The summed E-state index contributed by atoms with van der Waals surface area (Å²) in [5.41, 5.74) is 0.283. The summed E-state index contributed by atoms with van der Waals surface area (Å²) < 4.78 is 6.18. The van der Waals surface area contributed by atoms with E-state index >= 15 is 0 Å². The lowest BCUT2D eigenvalue weighted by Gasteiger charge is -2.60. The molecule has 0 aromatic carbocycles. The van der Waals surface area contributed by atoms with Crippen LogP contribution in [0.1, 0.15) is 99.8 Å². The predicted molar refractivity (Wildman–Crippen MR) is 134 cm³/mol. The second-order valence-corrected chi connectivity index (χ2v) is 13.6. The van der Waals surface area contributed by atoms with Gasteiger partial charge >= 0.3 is 5.97 Å². The van der Waals surface area contributed by atoms with Crippen molar-refractivity contribution in [2.24, 2.45) is 27.6 Å². The largest absolute Gasteiger partial charge is 0.456 e. The lowest BCUT2D eigenvalue weighted by Crippen LogP contribution is -2.61. The van der Waals surface area contributed by atoms with Crippen molar-refractivity contribution < 1.29 is 19.7 Å². The van der Waals surface area contributed by atoms with E-state index < -0.39 is 22.0 Å². The fraction of sp³-hybridized carbons (Fsp3) is 0.767. The van der Waals surface area contributed by atoms with Crippen LogP contribution in [0.25, 0.3) is 0 Å². The molecule has 0 bridgehead atoms. The first-order valence-corrected chi connectivity index (χ1v) is 13.4. The van der Waals surface area contributed by atoms with Gasteiger partial charge in [0.15, 0.2) is 0 Å². The van der Waals surface area contributed by atoms with Crippen molar-refractivity contribution >= 4 is 5.97 Å². The Morgan fingerprint density at radius 1 is 1.09 bits per heavy atom. The molecule has 4 nitrogen and oxygen atoms in total. The molecule has 0 amide bonds. The zero-order valence-corrected chi connectivity index (χ0v) is 22.3. The molecule has 0 aromatic heterocycles. The summed E-state index contributed by atoms with van der Waals surface area (Å²) in [6.07, 6.45) is 12.6. The Kier molecular flexibility index (Phi) is 5.07. The fourth-order valence-corrected chi connectivity index (χ4v) is 9.23. The van der Waals surface area contributed by atoms with Crippen LogP contribution >= 0.6 is 0 Å². The summed E-state index contributed by atoms with van der Waals surface area (Å²) in [7, 11) is 0. The number of aliphatic hydroxyl groups excluding tert-OH is 1. The van der Waals surface area contributed by atoms with Gasteiger partial charge in [0, 0.05) is 5.41 Å². The van der Waals surface area contributed by atoms with E-state index in [1.165, 1.54) is 16.7 Å². The van der Waals surface area contributed by atoms with E-state index in [0.29, 0.717) is 25.2 Å². The van der Waals surface area contributed by atoms with Crippen LogP contribution in [0.5, 0.6) is 0 Å². The number of rotatable bonds is 3. The summed E-state index contributed by atoms with van der Waals surface area (Å²) in [6.45, 7) is 15.1. The Bertz CT molecular complexity index is 1010. The van der Waals surface area contributed by atoms with Crippen LogP contribution in [0.3, 0.4) is 0 Å². The number of aliphatic hydroxyl groups is 2. The monoisotopic (exact) mass is 468 g/mol. The first-order valence-electron chi connectivity index (χ1n) is 13.4. The van der Waals surface area contributed by atoms with Gasteiger partial charge in [-0.25, -0.2) is 0 Å². The molecule has 7 atom stereocenters. The fourth-order valence-electron chi connectivity index (χ4n) is 9.23. The Hall–Kier alpha value is -1.39. The molecule has 34 heavy (non-hydrogen) atoms. The molecule has 1 aliphatic heterocycles. The minimum absolute atomic E-state index is 0.0204. The van der Waals surface area contributed by atoms with Gasteiger partial charge in [0.2, 0.25) is 0 Å². The highest BCUT2D eigenvalue weighted by Crippen LogP contribution is 2.76. The Balaban J connectivity index is 1.59. The van der Waals surface area contributed by atoms with Crippen LogP contribution < -0.4 is 0 Å². The number of carbonyl (C=O) groups excluding carboxylic acids is 1. The third-order valence-electron chi connectivity index (χ3n) is 11.5. The molecule has 0 aromatic rings. The summed E-state index contributed by atoms with van der Waals surface area (Å²) in [6, 6.07) is 0. The number of ether oxygens (including phenoxy) is 1. The smallest absolute Gasteiger partial charge is 0.317 e. The van der Waals surface area contributed by atoms with Crippen LogP contribution in [-0.2, 0) is 9.53 Å². The normalized spacial score (nSPS) is 48.6. The maximum absolute atomic E-state index is 13.8. The van der Waals surface area contributed by atoms with Crippen molar-refractivity contribution in [2.75, 3.05) is 0 Å². The van der Waals surface area contributed by atoms with Crippen LogP contribution in [-0.4, -0.2) is 33.5 Å². The Morgan fingerprint density at radius 3 is 2.47 bits per heavy atom. The van der Waals surface area contributed by atoms with Gasteiger partial charge in [-0.3, -0.25) is 4.79 Å². The van der Waals surface area contributed by atoms with Gasteiger partial charge in [0.25, 0.3) is 0 Å². The average Bonchev–Trinajstić information content (AvgIpc) is 3.09. The zero-order chi connectivity index (χ0) is 24.9. The second kappa shape index (κ2) is 7.09. The van der Waals surface area contributed by atoms with E-state index in [-0.39, 0.29) is 22.9 Å². The highest BCUT2D eigenvalue weighted by molar-refractivity contribution is 5.86. The van der Waals surface area contributed by atoms with E-state index in [2.05, 4.69) is 59.8 Å². The van der Waals surface area contributed by atoms with Crippen LogP contribution in [0, 0.1) is 27.6 Å². The van der Waals surface area contributed by atoms with Crippen molar-refractivity contribution in [3.05, 3.63) is 34.9 Å². The topological polar surface area (TPSA) is 66.8 Å². The maximum Gasteiger partial charge on any atom is 0.317 e. The standard InChI is InChI=1S/C30H44O4/c1-19(2)9-8-14-28(7)30(33)18-17-27(6)21-10-11-22-25(3,4)23(31)13-15-26(22,5)20(21)12-16-29(27,30)24(32)34-28/h9-10,12,22-23,31,33H,8,11,13-18H2,1-7H3/t22-,23-,26+,27-,28-,29+,30-/m0/s1. The summed E-state index contributed by atoms with van der Waals surface area (Å²) in [5.74, 6) is 0.152. The van der Waals surface area contributed by atoms with Gasteiger partial charge < -0.3 is 14.9 Å². The van der Waals surface area contributed by atoms with Crippen LogP contribution in [0.4, 0.5) is 0 Å². The van der Waals surface area contributed by atoms with Crippen molar-refractivity contribution in [2.45, 2.75) is 117 Å². The first-order chi connectivity index (χ1) is 15.7. The summed E-state index contributed by atoms with van der Waals surface area (Å²) in [5, 5.41) is 23.2. The van der Waals surface area contributed by atoms with E-state index in [1.54, 1.807) is 0 Å². The predicted octanol–water partition coefficient (Wildman–Crippen LogP) is 6.03. The number of carbonyl (C=O) groups is 1. The number of fused-ring (bicyclic) bond motifs is 4. The minimum atomic E-state index is -1.18. The lowest BCUT2D eigenvalue weighted by atomic mass is 9.43. The van der Waals surface area contributed by atoms with Gasteiger partial charge in [-0.15, -0.1) is 0 Å². The molecule has 188 valence electrons. The third-order valence-corrected chi connectivity index (χ3v) is 11.5. The SMILES string of the molecule is CC(C)=CCC[C@]1(C)OC(=O)[C@]23CC=C4C(=CC[C@H]5C(C)(C)[C@@H](O)CC[C@]45C)[C@]2(C)CC[C@@]31O. The van der Waals surface area contributed by atoms with Gasteiger partial charge in [0.1, 0.15) is 16.6 Å². The average molecular weight is 469 g/mol. The highest BCUT2D eigenvalue weighted by Gasteiger charge is 2.82. The van der Waals surface area contributed by atoms with Crippen molar-refractivity contribution in [1.29, 1.82) is 0 Å².